The Labute approximate surface area is 873 Å². The molecule has 1 unspecified atom stereocenters. The van der Waals surface area contributed by atoms with Gasteiger partial charge in [-0.2, -0.15) is 35.3 Å². The smallest absolute Gasteiger partial charge is 0.305 e. The number of thioether (sulfide) groups is 3. The summed E-state index contributed by atoms with van der Waals surface area (Å²) in [6.45, 7) is 11.7. The van der Waals surface area contributed by atoms with E-state index in [1.807, 2.05) is 0 Å². The summed E-state index contributed by atoms with van der Waals surface area (Å²) in [5, 5.41) is 89.8. The van der Waals surface area contributed by atoms with E-state index in [-0.39, 0.29) is 103 Å². The number of benzene rings is 2. The van der Waals surface area contributed by atoms with Crippen molar-refractivity contribution in [1.29, 1.82) is 0 Å². The first kappa shape index (κ1) is 116. The Morgan fingerprint density at radius 3 is 1.51 bits per heavy atom. The van der Waals surface area contributed by atoms with Crippen LogP contribution in [0.15, 0.2) is 60.9 Å². The molecule has 2 aromatic carbocycles. The monoisotopic (exact) mass is 2140 g/mol. The van der Waals surface area contributed by atoms with Crippen molar-refractivity contribution in [3.63, 3.8) is 0 Å². The predicted octanol–water partition coefficient (Wildman–Crippen LogP) is -4.71. The van der Waals surface area contributed by atoms with Gasteiger partial charge in [0.25, 0.3) is 17.7 Å². The summed E-state index contributed by atoms with van der Waals surface area (Å²) in [5.74, 6) is -24.8. The van der Waals surface area contributed by atoms with Gasteiger partial charge in [-0.1, -0.05) is 79.7 Å². The summed E-state index contributed by atoms with van der Waals surface area (Å²) >= 11 is 2.62. The predicted molar refractivity (Wildman–Crippen MR) is 542 cm³/mol. The summed E-state index contributed by atoms with van der Waals surface area (Å²) in [5.41, 5.74) is 10.1. The number of aliphatic hydroxyl groups is 1. The third-order valence-electron chi connectivity index (χ3n) is 26.3. The molecule has 0 saturated carbocycles. The molecule has 21 N–H and O–H groups in total. The number of nitrogens with zero attached hydrogens (tertiary/aromatic N) is 14. The number of carbonyl (C=O) groups excluding carboxylic acids is 18. The number of hydrogen-bond donors (Lipinski definition) is 19. The second-order valence-corrected chi connectivity index (χ2v) is 42.1. The maximum Gasteiger partial charge on any atom is 0.305 e. The number of rotatable bonds is 24. The van der Waals surface area contributed by atoms with E-state index in [1.54, 1.807) is 89.5 Å². The van der Waals surface area contributed by atoms with Gasteiger partial charge in [0.1, 0.15) is 101 Å². The lowest BCUT2D eigenvalue weighted by atomic mass is 9.92. The third kappa shape index (κ3) is 29.0. The number of carbonyl (C=O) groups is 20. The standard InChI is InChI=1S/C94H130N30O23S3/c1-46(2)72-87(142)103-59(32-71(131)132)80(135)99-35-69(128)100-57(30-50-33-97-54-22-17-15-20-52(50)54)82(137)108-73(47(3)4)89(144)124-29-19-24-66(124)86(141)104-63(78(96)133)40-148-37-60-75(118(12)114-111-60)90(145)121-43-122-45-123(44-121)92(147)77-62(113-116-120(77)14)39-150-42-65(105-79(134)48(5)110-93(7,8)68(127)36-117(11)94(9,10)67(126)27-28-95)85(140)109-74(49(6)125)88(143)101-56(25-26-70(129)130)81(136)106-64(41-149-38-61-76(91(122)146)119(13)115-112-61)84(139)102-58(83(138)107-72)31-51-34-98-55-23-18-16-21-53(51)55/h15-18,20-23,33-34,46-49,56-59,63-66,72-74,97-98,110,125H,19,24-32,35-45,95H2,1-14H3,(H2,96,133)(H,99,135)(H,100,128)(H,101,143)(H,102,139)(H,103,142)(H,104,141)(H,105,134)(H,106,136)(H,107,138)(H,108,137)(H,109,140)(H,129,130)(H,131,132)/t48-,49+,56-,57-,58-,59-,63?,64-,65-,66-,72-,73-,74-/m0/s1. The molecule has 4 aliphatic rings. The first-order valence-electron chi connectivity index (χ1n) is 48.5. The minimum Gasteiger partial charge on any atom is -0.481 e. The molecule has 11 rings (SSSR count). The van der Waals surface area contributed by atoms with Crippen LogP contribution in [0, 0.1) is 11.8 Å². The summed E-state index contributed by atoms with van der Waals surface area (Å²) in [4.78, 5) is 306. The molecule has 0 spiro atoms. The number of aromatic amines is 2. The number of H-pyrrole nitrogens is 2. The number of carboxylic acid groups (broad SMARTS) is 2. The van der Waals surface area contributed by atoms with Crippen LogP contribution in [0.1, 0.15) is 167 Å². The van der Waals surface area contributed by atoms with Crippen LogP contribution in [0.5, 0.6) is 0 Å². The van der Waals surface area contributed by atoms with Crippen LogP contribution < -0.4 is 75.3 Å². The van der Waals surface area contributed by atoms with Gasteiger partial charge in [0.15, 0.2) is 11.6 Å². The van der Waals surface area contributed by atoms with Crippen LogP contribution in [0.25, 0.3) is 21.8 Å². The number of ketones is 2. The number of para-hydroxylation sites is 2. The van der Waals surface area contributed by atoms with Crippen molar-refractivity contribution in [3.8, 4) is 0 Å². The molecule has 0 radical (unpaired) electrons. The van der Waals surface area contributed by atoms with Gasteiger partial charge < -0.3 is 115 Å². The molecule has 53 nitrogen and oxygen atoms in total. The van der Waals surface area contributed by atoms with Gasteiger partial charge in [-0.3, -0.25) is 106 Å². The fourth-order valence-electron chi connectivity index (χ4n) is 17.4. The summed E-state index contributed by atoms with van der Waals surface area (Å²) in [7, 11) is 5.64. The maximum absolute atomic E-state index is 15.9. The number of aryl methyl sites for hydroxylation is 3. The Morgan fingerprint density at radius 2 is 1.01 bits per heavy atom. The van der Waals surface area contributed by atoms with Crippen molar-refractivity contribution >= 4 is 175 Å². The molecule has 5 aromatic heterocycles. The number of Topliss-reactive ketones (excluding diaryl/α,β-unsaturated/α-hetero) is 2. The Kier molecular flexibility index (Phi) is 39.6. The van der Waals surface area contributed by atoms with Crippen LogP contribution in [-0.4, -0.2) is 373 Å². The number of aromatic nitrogens is 11. The molecular weight excluding hydrogens is 2010 g/mol. The van der Waals surface area contributed by atoms with E-state index < -0.39 is 283 Å². The van der Waals surface area contributed by atoms with E-state index in [0.717, 1.165) is 71.0 Å². The maximum atomic E-state index is 15.9. The summed E-state index contributed by atoms with van der Waals surface area (Å²) < 4.78 is 3.29. The first-order chi connectivity index (χ1) is 70.9. The number of nitrogens with one attached hydrogen (secondary N) is 14. The molecule has 16 amide bonds. The van der Waals surface area contributed by atoms with Gasteiger partial charge in [-0.05, 0) is 109 Å². The lowest BCUT2D eigenvalue weighted by Crippen LogP contribution is -2.63. The molecule has 4 bridgehead atoms. The van der Waals surface area contributed by atoms with Crippen molar-refractivity contribution in [2.24, 2.45) is 44.4 Å². The highest BCUT2D eigenvalue weighted by atomic mass is 32.2. The summed E-state index contributed by atoms with van der Waals surface area (Å²) in [6.07, 6.45) is -1.93. The van der Waals surface area contributed by atoms with E-state index >= 15 is 43.2 Å². The van der Waals surface area contributed by atoms with Gasteiger partial charge in [0.05, 0.1) is 62.7 Å². The van der Waals surface area contributed by atoms with Crippen LogP contribution in [0.2, 0.25) is 0 Å². The number of amides is 16. The van der Waals surface area contributed by atoms with E-state index in [2.05, 4.69) is 105 Å². The molecule has 150 heavy (non-hydrogen) atoms. The number of aliphatic carboxylic acids is 2. The highest BCUT2D eigenvalue weighted by Gasteiger charge is 2.46. The molecule has 13 atom stereocenters. The van der Waals surface area contributed by atoms with Crippen molar-refractivity contribution < 1.29 is 111 Å². The number of aliphatic hydroxyl groups excluding tert-OH is 1. The van der Waals surface area contributed by atoms with Gasteiger partial charge in [-0.25, -0.2) is 14.0 Å². The van der Waals surface area contributed by atoms with Crippen molar-refractivity contribution in [3.05, 3.63) is 106 Å². The SMILES string of the molecule is CC(C)[C@@H]1NC(=O)[C@H](Cc2c[nH]c3ccccc23)NC(=O)[C@@H]2CSCc3nnn(C)c3C(=O)N3CN(CN(C3)C(=O)c3c(nnn3C)CSC[C@H](NC(=O)[C@H](C)NC(C)(C)C(=O)CN(C)C(C)(C)C(=O)CCN)C(=O)N[C@@H]([C@@H](C)O)C(=O)N[C@@H](CCC(=O)O)C(=O)N2)C(=O)c2c(nnn2C)CSCC(C(N)=O)NC(=O)[C@@H]2CCCN2C(=O)[C@H](C(C)C)NC(=O)[C@H](Cc2c[nH]c3ccccc23)NC(=O)CNC(=O)[C@H](CC(=O)O)NC1=O. The van der Waals surface area contributed by atoms with Crippen molar-refractivity contribution in [2.75, 3.05) is 70.5 Å². The fourth-order valence-corrected chi connectivity index (χ4v) is 20.4. The molecular formula is C94H130N30O23S3. The second-order valence-electron chi connectivity index (χ2n) is 39.0. The van der Waals surface area contributed by atoms with E-state index in [4.69, 9.17) is 11.5 Å². The molecule has 812 valence electrons. The van der Waals surface area contributed by atoms with Gasteiger partial charge >= 0.3 is 11.9 Å². The Balaban J connectivity index is 1.01. The molecule has 4 aliphatic heterocycles. The second kappa shape index (κ2) is 51.2. The van der Waals surface area contributed by atoms with Crippen LogP contribution in [-0.2, 0) is 133 Å². The largest absolute Gasteiger partial charge is 0.481 e. The molecule has 56 heteroatoms. The molecule has 2 saturated heterocycles. The van der Waals surface area contributed by atoms with Gasteiger partial charge in [-0.15, -0.1) is 15.3 Å². The average Bonchev–Trinajstić information content (AvgIpc) is 1.67. The number of fused-ring (bicyclic) bond motifs is 10. The Bertz CT molecular complexity index is 6250. The first-order valence-corrected chi connectivity index (χ1v) is 52.0. The molecule has 2 fully saturated rings. The Morgan fingerprint density at radius 1 is 0.533 bits per heavy atom. The van der Waals surface area contributed by atoms with Crippen LogP contribution >= 0.6 is 35.3 Å². The van der Waals surface area contributed by atoms with E-state index in [1.165, 1.54) is 71.8 Å². The molecule has 0 aliphatic carbocycles. The topological polar surface area (TPSA) is 738 Å². The fraction of sp³-hybridized carbons (Fsp3) is 0.553. The quantitative estimate of drug-likeness (QED) is 0.0270. The minimum absolute atomic E-state index is 0.00589. The molecule has 7 aromatic rings. The van der Waals surface area contributed by atoms with E-state index in [9.17, 15) is 68.1 Å². The van der Waals surface area contributed by atoms with Gasteiger partial charge in [0, 0.05) is 122 Å². The zero-order valence-electron chi connectivity index (χ0n) is 85.4. The zero-order valence-corrected chi connectivity index (χ0v) is 87.9. The number of nitrogens with two attached hydrogens (primary N) is 2. The number of likely N-dealkylation sites (N-methyl/N-ethyl adjacent to an activating group) is 1. The van der Waals surface area contributed by atoms with Gasteiger partial charge in [0.2, 0.25) is 76.8 Å². The number of hydrogen-bond acceptors (Lipinski definition) is 33. The molecule has 9 heterocycles. The van der Waals surface area contributed by atoms with Crippen molar-refractivity contribution in [1.82, 2.24) is 143 Å². The number of carboxylic acids is 2. The van der Waals surface area contributed by atoms with Crippen molar-refractivity contribution in [2.45, 2.75) is 228 Å². The average molecular weight is 2140 g/mol. The van der Waals surface area contributed by atoms with Crippen LogP contribution in [0.4, 0.5) is 0 Å². The Hall–Kier alpha value is -14.4. The van der Waals surface area contributed by atoms with Crippen LogP contribution in [0.3, 0.4) is 0 Å². The normalized spacial score (nSPS) is 22.6. The highest BCUT2D eigenvalue weighted by molar-refractivity contribution is 7.99. The minimum atomic E-state index is -2.10. The summed E-state index contributed by atoms with van der Waals surface area (Å²) in [6, 6.07) is -6.68. The highest BCUT2D eigenvalue weighted by Crippen LogP contribution is 2.30. The number of primary amides is 1. The third-order valence-corrected chi connectivity index (χ3v) is 29.5. The van der Waals surface area contributed by atoms with E-state index in [0.29, 0.717) is 32.9 Å². The lowest BCUT2D eigenvalue weighted by Gasteiger charge is -2.42. The lowest BCUT2D eigenvalue weighted by molar-refractivity contribution is -0.143. The zero-order chi connectivity index (χ0) is 110.